The molecule has 1 saturated heterocycles. The second-order valence-corrected chi connectivity index (χ2v) is 8.08. The Balaban J connectivity index is 1.96. The highest BCUT2D eigenvalue weighted by molar-refractivity contribution is 6.51. The molecule has 4 rings (SSSR count). The molecule has 32 heavy (non-hydrogen) atoms. The molecule has 0 aliphatic carbocycles. The predicted molar refractivity (Wildman–Crippen MR) is 125 cm³/mol. The minimum absolute atomic E-state index is 0.0621. The first-order valence-electron chi connectivity index (χ1n) is 10.4. The summed E-state index contributed by atoms with van der Waals surface area (Å²) in [7, 11) is 1.56. The van der Waals surface area contributed by atoms with E-state index in [1.54, 1.807) is 31.4 Å². The zero-order valence-electron chi connectivity index (χ0n) is 18.5. The standard InChI is InChI=1S/C27H25NO4/c1-16-8-12-21(13-9-16)28-24(19-6-5-7-22(15-19)32-4)23(26(30)27(28)31)25(29)20-11-10-17(2)18(3)14-20/h5-15,24,29H,1-4H3/b25-23-. The number of anilines is 1. The number of nitrogens with zero attached hydrogens (tertiary/aromatic N) is 1. The number of hydrogen-bond donors (Lipinski definition) is 1. The molecule has 3 aromatic rings. The van der Waals surface area contributed by atoms with Crippen LogP contribution >= 0.6 is 0 Å². The normalized spacial score (nSPS) is 17.6. The molecule has 1 atom stereocenters. The van der Waals surface area contributed by atoms with E-state index < -0.39 is 17.7 Å². The Bertz CT molecular complexity index is 1240. The van der Waals surface area contributed by atoms with Crippen LogP contribution in [0.1, 0.15) is 33.9 Å². The van der Waals surface area contributed by atoms with Crippen molar-refractivity contribution in [1.82, 2.24) is 0 Å². The zero-order valence-corrected chi connectivity index (χ0v) is 18.5. The van der Waals surface area contributed by atoms with Crippen molar-refractivity contribution in [3.05, 3.63) is 100 Å². The number of rotatable bonds is 4. The number of amides is 1. The number of hydrogen-bond acceptors (Lipinski definition) is 4. The molecule has 1 unspecified atom stereocenters. The number of ether oxygens (including phenoxy) is 1. The minimum atomic E-state index is -0.783. The molecule has 0 spiro atoms. The first-order chi connectivity index (χ1) is 15.3. The van der Waals surface area contributed by atoms with E-state index in [0.29, 0.717) is 22.6 Å². The van der Waals surface area contributed by atoms with E-state index in [-0.39, 0.29) is 11.3 Å². The number of aliphatic hydroxyl groups is 1. The Kier molecular flexibility index (Phi) is 5.57. The fourth-order valence-electron chi connectivity index (χ4n) is 3.98. The summed E-state index contributed by atoms with van der Waals surface area (Å²) in [6.45, 7) is 5.87. The minimum Gasteiger partial charge on any atom is -0.507 e. The topological polar surface area (TPSA) is 66.8 Å². The van der Waals surface area contributed by atoms with Gasteiger partial charge in [-0.3, -0.25) is 14.5 Å². The molecule has 0 saturated carbocycles. The van der Waals surface area contributed by atoms with Gasteiger partial charge in [0.15, 0.2) is 0 Å². The van der Waals surface area contributed by atoms with Crippen LogP contribution in [0, 0.1) is 20.8 Å². The van der Waals surface area contributed by atoms with Gasteiger partial charge in [-0.2, -0.15) is 0 Å². The Hall–Kier alpha value is -3.86. The van der Waals surface area contributed by atoms with Crippen LogP contribution in [-0.2, 0) is 9.59 Å². The largest absolute Gasteiger partial charge is 0.507 e. The van der Waals surface area contributed by atoms with Crippen molar-refractivity contribution in [1.29, 1.82) is 0 Å². The van der Waals surface area contributed by atoms with E-state index >= 15 is 0 Å². The summed E-state index contributed by atoms with van der Waals surface area (Å²) >= 11 is 0. The summed E-state index contributed by atoms with van der Waals surface area (Å²) in [6.07, 6.45) is 0. The van der Waals surface area contributed by atoms with Crippen molar-refractivity contribution in [2.24, 2.45) is 0 Å². The lowest BCUT2D eigenvalue weighted by atomic mass is 9.94. The Morgan fingerprint density at radius 3 is 2.28 bits per heavy atom. The van der Waals surface area contributed by atoms with Gasteiger partial charge in [-0.15, -0.1) is 0 Å². The van der Waals surface area contributed by atoms with Gasteiger partial charge in [-0.1, -0.05) is 42.0 Å². The molecular formula is C27H25NO4. The van der Waals surface area contributed by atoms with Crippen LogP contribution in [0.4, 0.5) is 5.69 Å². The maximum atomic E-state index is 13.2. The fraction of sp³-hybridized carbons (Fsp3) is 0.185. The van der Waals surface area contributed by atoms with Crippen LogP contribution in [0.25, 0.3) is 5.76 Å². The van der Waals surface area contributed by atoms with Crippen LogP contribution in [-0.4, -0.2) is 23.9 Å². The van der Waals surface area contributed by atoms with Crippen molar-refractivity contribution in [3.63, 3.8) is 0 Å². The molecular weight excluding hydrogens is 402 g/mol. The monoisotopic (exact) mass is 427 g/mol. The number of methoxy groups -OCH3 is 1. The zero-order chi connectivity index (χ0) is 23.0. The molecule has 1 N–H and O–H groups in total. The molecule has 0 bridgehead atoms. The Labute approximate surface area is 187 Å². The van der Waals surface area contributed by atoms with Gasteiger partial charge in [0.25, 0.3) is 11.7 Å². The Morgan fingerprint density at radius 1 is 0.906 bits per heavy atom. The van der Waals surface area contributed by atoms with E-state index in [4.69, 9.17) is 4.74 Å². The van der Waals surface area contributed by atoms with E-state index in [2.05, 4.69) is 0 Å². The van der Waals surface area contributed by atoms with E-state index in [1.807, 2.05) is 63.2 Å². The summed E-state index contributed by atoms with van der Waals surface area (Å²) in [4.78, 5) is 27.9. The first kappa shape index (κ1) is 21.4. The molecule has 1 aliphatic rings. The summed E-state index contributed by atoms with van der Waals surface area (Å²) in [5, 5.41) is 11.2. The quantitative estimate of drug-likeness (QED) is 0.351. The first-order valence-corrected chi connectivity index (χ1v) is 10.4. The molecule has 162 valence electrons. The van der Waals surface area contributed by atoms with Crippen LogP contribution in [0.2, 0.25) is 0 Å². The van der Waals surface area contributed by atoms with Crippen molar-refractivity contribution in [2.45, 2.75) is 26.8 Å². The number of aryl methyl sites for hydroxylation is 3. The van der Waals surface area contributed by atoms with Crippen LogP contribution in [0.3, 0.4) is 0 Å². The molecule has 3 aromatic carbocycles. The van der Waals surface area contributed by atoms with E-state index in [9.17, 15) is 14.7 Å². The van der Waals surface area contributed by atoms with Crippen molar-refractivity contribution >= 4 is 23.1 Å². The highest BCUT2D eigenvalue weighted by Crippen LogP contribution is 2.43. The SMILES string of the molecule is COc1cccc(C2/C(=C(/O)c3ccc(C)c(C)c3)C(=O)C(=O)N2c2ccc(C)cc2)c1. The summed E-state index contributed by atoms with van der Waals surface area (Å²) in [5.74, 6) is -0.974. The van der Waals surface area contributed by atoms with Gasteiger partial charge in [-0.05, 0) is 67.8 Å². The Morgan fingerprint density at radius 2 is 1.62 bits per heavy atom. The number of carbonyl (C=O) groups excluding carboxylic acids is 2. The van der Waals surface area contributed by atoms with Crippen LogP contribution < -0.4 is 9.64 Å². The molecule has 5 heteroatoms. The molecule has 0 radical (unpaired) electrons. The molecule has 1 heterocycles. The maximum absolute atomic E-state index is 13.2. The van der Waals surface area contributed by atoms with Gasteiger partial charge < -0.3 is 9.84 Å². The average molecular weight is 428 g/mol. The smallest absolute Gasteiger partial charge is 0.300 e. The van der Waals surface area contributed by atoms with Crippen LogP contribution in [0.15, 0.2) is 72.3 Å². The summed E-state index contributed by atoms with van der Waals surface area (Å²) in [5.41, 5.74) is 4.93. The number of Topliss-reactive ketones (excluding diaryl/α,β-unsaturated/α-hetero) is 1. The lowest BCUT2D eigenvalue weighted by Gasteiger charge is -2.26. The highest BCUT2D eigenvalue weighted by atomic mass is 16.5. The molecule has 0 aromatic heterocycles. The van der Waals surface area contributed by atoms with Crippen molar-refractivity contribution in [3.8, 4) is 5.75 Å². The second-order valence-electron chi connectivity index (χ2n) is 8.08. The third-order valence-electron chi connectivity index (χ3n) is 5.95. The third kappa shape index (κ3) is 3.66. The molecule has 1 amide bonds. The van der Waals surface area contributed by atoms with Crippen molar-refractivity contribution in [2.75, 3.05) is 12.0 Å². The van der Waals surface area contributed by atoms with Gasteiger partial charge in [0.05, 0.1) is 18.7 Å². The molecule has 1 fully saturated rings. The van der Waals surface area contributed by atoms with Gasteiger partial charge in [0, 0.05) is 11.3 Å². The number of carbonyl (C=O) groups is 2. The molecule has 1 aliphatic heterocycles. The summed E-state index contributed by atoms with van der Waals surface area (Å²) in [6, 6.07) is 19.3. The second kappa shape index (κ2) is 8.35. The number of ketones is 1. The lowest BCUT2D eigenvalue weighted by Crippen LogP contribution is -2.29. The highest BCUT2D eigenvalue weighted by Gasteiger charge is 2.47. The van der Waals surface area contributed by atoms with E-state index in [0.717, 1.165) is 16.7 Å². The predicted octanol–water partition coefficient (Wildman–Crippen LogP) is 5.25. The maximum Gasteiger partial charge on any atom is 0.300 e. The average Bonchev–Trinajstić information content (AvgIpc) is 3.06. The number of benzene rings is 3. The summed E-state index contributed by atoms with van der Waals surface area (Å²) < 4.78 is 5.37. The van der Waals surface area contributed by atoms with E-state index in [1.165, 1.54) is 4.90 Å². The van der Waals surface area contributed by atoms with Crippen molar-refractivity contribution < 1.29 is 19.4 Å². The third-order valence-corrected chi connectivity index (χ3v) is 5.95. The van der Waals surface area contributed by atoms with Crippen LogP contribution in [0.5, 0.6) is 5.75 Å². The van der Waals surface area contributed by atoms with Gasteiger partial charge in [0.2, 0.25) is 0 Å². The van der Waals surface area contributed by atoms with Gasteiger partial charge in [-0.25, -0.2) is 0 Å². The van der Waals surface area contributed by atoms with Gasteiger partial charge >= 0.3 is 0 Å². The molecule has 5 nitrogen and oxygen atoms in total. The lowest BCUT2D eigenvalue weighted by molar-refractivity contribution is -0.132. The fourth-order valence-corrected chi connectivity index (χ4v) is 3.98. The number of aliphatic hydroxyl groups excluding tert-OH is 1. The van der Waals surface area contributed by atoms with Gasteiger partial charge in [0.1, 0.15) is 11.5 Å².